The molecule has 140 valence electrons. The molecule has 0 bridgehead atoms. The number of para-hydroxylation sites is 2. The van der Waals surface area contributed by atoms with E-state index in [1.165, 1.54) is 0 Å². The van der Waals surface area contributed by atoms with Crippen molar-refractivity contribution in [1.82, 2.24) is 4.98 Å². The molecular formula is C21H17N3O4. The summed E-state index contributed by atoms with van der Waals surface area (Å²) in [7, 11) is 0. The summed E-state index contributed by atoms with van der Waals surface area (Å²) in [4.78, 5) is 28.7. The van der Waals surface area contributed by atoms with Crippen LogP contribution in [0.15, 0.2) is 72.9 Å². The summed E-state index contributed by atoms with van der Waals surface area (Å²) in [6.07, 6.45) is 0.853. The number of benzene rings is 2. The van der Waals surface area contributed by atoms with Crippen LogP contribution in [0.3, 0.4) is 0 Å². The fourth-order valence-corrected chi connectivity index (χ4v) is 2.70. The number of amides is 2. The summed E-state index contributed by atoms with van der Waals surface area (Å²) >= 11 is 0. The summed E-state index contributed by atoms with van der Waals surface area (Å²) in [6, 6.07) is 19.0. The van der Waals surface area contributed by atoms with Gasteiger partial charge in [0.15, 0.2) is 11.5 Å². The zero-order valence-corrected chi connectivity index (χ0v) is 14.8. The van der Waals surface area contributed by atoms with Gasteiger partial charge in [-0.15, -0.1) is 0 Å². The first-order valence-corrected chi connectivity index (χ1v) is 8.71. The number of hydrogen-bond acceptors (Lipinski definition) is 5. The number of aromatic nitrogens is 1. The van der Waals surface area contributed by atoms with E-state index >= 15 is 0 Å². The second kappa shape index (κ2) is 7.79. The van der Waals surface area contributed by atoms with Crippen LogP contribution in [-0.2, 0) is 4.79 Å². The van der Waals surface area contributed by atoms with Gasteiger partial charge in [0.05, 0.1) is 0 Å². The van der Waals surface area contributed by atoms with Crippen molar-refractivity contribution in [3.05, 3.63) is 78.5 Å². The van der Waals surface area contributed by atoms with E-state index in [2.05, 4.69) is 15.6 Å². The molecule has 28 heavy (non-hydrogen) atoms. The monoisotopic (exact) mass is 375 g/mol. The van der Waals surface area contributed by atoms with Gasteiger partial charge in [-0.3, -0.25) is 9.59 Å². The molecule has 2 amide bonds. The molecule has 0 radical (unpaired) electrons. The van der Waals surface area contributed by atoms with Crippen LogP contribution in [0.1, 0.15) is 10.4 Å². The summed E-state index contributed by atoms with van der Waals surface area (Å²) in [6.45, 7) is 0.132. The number of ether oxygens (including phenoxy) is 2. The SMILES string of the molecule is O=C(Nc1ccccn1)c1ccc(NC(=O)[C@@H]2COc3ccccc3O2)cc1. The fraction of sp³-hybridized carbons (Fsp3) is 0.0952. The third-order valence-corrected chi connectivity index (χ3v) is 4.12. The van der Waals surface area contributed by atoms with E-state index in [0.717, 1.165) is 0 Å². The minimum Gasteiger partial charge on any atom is -0.485 e. The zero-order chi connectivity index (χ0) is 19.3. The average molecular weight is 375 g/mol. The van der Waals surface area contributed by atoms with Gasteiger partial charge in [0, 0.05) is 17.4 Å². The van der Waals surface area contributed by atoms with Gasteiger partial charge in [0.2, 0.25) is 6.10 Å². The highest BCUT2D eigenvalue weighted by atomic mass is 16.6. The number of carbonyl (C=O) groups is 2. The van der Waals surface area contributed by atoms with E-state index in [4.69, 9.17) is 9.47 Å². The lowest BCUT2D eigenvalue weighted by atomic mass is 10.2. The van der Waals surface area contributed by atoms with Gasteiger partial charge in [0.25, 0.3) is 11.8 Å². The highest BCUT2D eigenvalue weighted by Gasteiger charge is 2.27. The smallest absolute Gasteiger partial charge is 0.269 e. The van der Waals surface area contributed by atoms with Gasteiger partial charge >= 0.3 is 0 Å². The summed E-state index contributed by atoms with van der Waals surface area (Å²) < 4.78 is 11.2. The second-order valence-electron chi connectivity index (χ2n) is 6.10. The molecule has 2 heterocycles. The minimum absolute atomic E-state index is 0.132. The molecule has 7 nitrogen and oxygen atoms in total. The quantitative estimate of drug-likeness (QED) is 0.731. The van der Waals surface area contributed by atoms with Crippen LogP contribution in [0.4, 0.5) is 11.5 Å². The highest BCUT2D eigenvalue weighted by Crippen LogP contribution is 2.31. The molecule has 1 aromatic heterocycles. The average Bonchev–Trinajstić information content (AvgIpc) is 2.74. The van der Waals surface area contributed by atoms with Crippen LogP contribution >= 0.6 is 0 Å². The number of carbonyl (C=O) groups excluding carboxylic acids is 2. The van der Waals surface area contributed by atoms with Gasteiger partial charge in [-0.25, -0.2) is 4.98 Å². The third-order valence-electron chi connectivity index (χ3n) is 4.12. The Bertz CT molecular complexity index is 990. The predicted molar refractivity (Wildman–Crippen MR) is 104 cm³/mol. The number of anilines is 2. The first-order chi connectivity index (χ1) is 13.7. The van der Waals surface area contributed by atoms with E-state index in [-0.39, 0.29) is 18.4 Å². The molecule has 0 saturated carbocycles. The van der Waals surface area contributed by atoms with Crippen molar-refractivity contribution in [2.45, 2.75) is 6.10 Å². The summed E-state index contributed by atoms with van der Waals surface area (Å²) in [5.41, 5.74) is 1.01. The second-order valence-corrected chi connectivity index (χ2v) is 6.10. The molecule has 2 N–H and O–H groups in total. The van der Waals surface area contributed by atoms with E-state index < -0.39 is 6.10 Å². The minimum atomic E-state index is -0.748. The van der Waals surface area contributed by atoms with Crippen LogP contribution in [-0.4, -0.2) is 29.5 Å². The van der Waals surface area contributed by atoms with Crippen LogP contribution in [0.2, 0.25) is 0 Å². The van der Waals surface area contributed by atoms with Gasteiger partial charge in [-0.2, -0.15) is 0 Å². The number of rotatable bonds is 4. The number of fused-ring (bicyclic) bond motifs is 1. The van der Waals surface area contributed by atoms with E-state index in [9.17, 15) is 9.59 Å². The Balaban J connectivity index is 1.37. The summed E-state index contributed by atoms with van der Waals surface area (Å²) in [5.74, 6) is 1.03. The normalized spacial score (nSPS) is 14.8. The zero-order valence-electron chi connectivity index (χ0n) is 14.8. The number of nitrogens with one attached hydrogen (secondary N) is 2. The lowest BCUT2D eigenvalue weighted by Gasteiger charge is -2.25. The van der Waals surface area contributed by atoms with Crippen molar-refractivity contribution in [3.63, 3.8) is 0 Å². The summed E-state index contributed by atoms with van der Waals surface area (Å²) in [5, 5.41) is 5.48. The van der Waals surface area contributed by atoms with Gasteiger partial charge in [0.1, 0.15) is 12.4 Å². The van der Waals surface area contributed by atoms with E-state index in [1.54, 1.807) is 60.8 Å². The fourth-order valence-electron chi connectivity index (χ4n) is 2.70. The number of nitrogens with zero attached hydrogens (tertiary/aromatic N) is 1. The van der Waals surface area contributed by atoms with Crippen LogP contribution in [0.5, 0.6) is 11.5 Å². The molecular weight excluding hydrogens is 358 g/mol. The first kappa shape index (κ1) is 17.5. The standard InChI is InChI=1S/C21H17N3O4/c25-20(24-19-7-3-4-12-22-19)14-8-10-15(11-9-14)23-21(26)18-13-27-16-5-1-2-6-17(16)28-18/h1-12,18H,13H2,(H,23,26)(H,22,24,25)/t18-/m0/s1. The molecule has 0 unspecified atom stereocenters. The van der Waals surface area contributed by atoms with Crippen molar-refractivity contribution in [1.29, 1.82) is 0 Å². The molecule has 3 aromatic rings. The lowest BCUT2D eigenvalue weighted by molar-refractivity contribution is -0.125. The molecule has 4 rings (SSSR count). The number of pyridine rings is 1. The molecule has 1 aliphatic heterocycles. The Hall–Kier alpha value is -3.87. The van der Waals surface area contributed by atoms with Gasteiger partial charge in [-0.1, -0.05) is 18.2 Å². The topological polar surface area (TPSA) is 89.6 Å². The Morgan fingerprint density at radius 1 is 0.893 bits per heavy atom. The third kappa shape index (κ3) is 3.93. The van der Waals surface area contributed by atoms with Crippen molar-refractivity contribution in [2.75, 3.05) is 17.2 Å². The predicted octanol–water partition coefficient (Wildman–Crippen LogP) is 3.11. The Kier molecular flexibility index (Phi) is 4.88. The maximum absolute atomic E-state index is 12.4. The molecule has 1 aliphatic rings. The molecule has 0 aliphatic carbocycles. The highest BCUT2D eigenvalue weighted by molar-refractivity contribution is 6.04. The first-order valence-electron chi connectivity index (χ1n) is 8.71. The molecule has 0 fully saturated rings. The van der Waals surface area contributed by atoms with Crippen molar-refractivity contribution < 1.29 is 19.1 Å². The Morgan fingerprint density at radius 3 is 2.39 bits per heavy atom. The number of hydrogen-bond donors (Lipinski definition) is 2. The maximum Gasteiger partial charge on any atom is 0.269 e. The Morgan fingerprint density at radius 2 is 1.64 bits per heavy atom. The molecule has 7 heteroatoms. The molecule has 2 aromatic carbocycles. The van der Waals surface area contributed by atoms with Crippen LogP contribution < -0.4 is 20.1 Å². The van der Waals surface area contributed by atoms with Crippen molar-refractivity contribution in [3.8, 4) is 11.5 Å². The van der Waals surface area contributed by atoms with Crippen LogP contribution in [0, 0.1) is 0 Å². The molecule has 1 atom stereocenters. The van der Waals surface area contributed by atoms with E-state index in [1.807, 2.05) is 12.1 Å². The molecule has 0 spiro atoms. The largest absolute Gasteiger partial charge is 0.485 e. The Labute approximate surface area is 161 Å². The van der Waals surface area contributed by atoms with E-state index in [0.29, 0.717) is 28.6 Å². The van der Waals surface area contributed by atoms with Crippen LogP contribution in [0.25, 0.3) is 0 Å². The maximum atomic E-state index is 12.4. The lowest BCUT2D eigenvalue weighted by Crippen LogP contribution is -2.40. The molecule has 0 saturated heterocycles. The van der Waals surface area contributed by atoms with Crippen molar-refractivity contribution in [2.24, 2.45) is 0 Å². The van der Waals surface area contributed by atoms with Gasteiger partial charge in [-0.05, 0) is 48.5 Å². The van der Waals surface area contributed by atoms with Gasteiger partial charge < -0.3 is 20.1 Å². The van der Waals surface area contributed by atoms with Crippen molar-refractivity contribution >= 4 is 23.3 Å².